The van der Waals surface area contributed by atoms with Crippen LogP contribution >= 0.6 is 0 Å². The third-order valence-corrected chi connectivity index (χ3v) is 2.64. The van der Waals surface area contributed by atoms with Crippen molar-refractivity contribution in [3.05, 3.63) is 18.7 Å². The van der Waals surface area contributed by atoms with E-state index in [9.17, 15) is 0 Å². The zero-order valence-electron chi connectivity index (χ0n) is 9.83. The van der Waals surface area contributed by atoms with Crippen molar-refractivity contribution in [1.82, 2.24) is 19.6 Å². The lowest BCUT2D eigenvalue weighted by atomic mass is 10.1. The van der Waals surface area contributed by atoms with E-state index in [-0.39, 0.29) is 11.8 Å². The predicted molar refractivity (Wildman–Crippen MR) is 65.1 cm³/mol. The van der Waals surface area contributed by atoms with Gasteiger partial charge in [0.1, 0.15) is 6.33 Å². The molecule has 1 atom stereocenters. The number of rotatable bonds is 4. The fourth-order valence-electron chi connectivity index (χ4n) is 1.61. The summed E-state index contributed by atoms with van der Waals surface area (Å²) < 4.78 is 1.80. The first-order valence-corrected chi connectivity index (χ1v) is 5.29. The summed E-state index contributed by atoms with van der Waals surface area (Å²) in [7, 11) is 1.90. The molecule has 2 rings (SSSR count). The summed E-state index contributed by atoms with van der Waals surface area (Å²) >= 11 is 0. The summed E-state index contributed by atoms with van der Waals surface area (Å²) in [5.74, 6) is 0.883. The lowest BCUT2D eigenvalue weighted by Gasteiger charge is -2.21. The van der Waals surface area contributed by atoms with Gasteiger partial charge in [0, 0.05) is 31.9 Å². The van der Waals surface area contributed by atoms with Gasteiger partial charge in [-0.3, -0.25) is 9.81 Å². The van der Waals surface area contributed by atoms with Crippen LogP contribution in [0.3, 0.4) is 0 Å². The summed E-state index contributed by atoms with van der Waals surface area (Å²) in [6, 6.07) is 0. The second-order valence-corrected chi connectivity index (χ2v) is 4.05. The van der Waals surface area contributed by atoms with Gasteiger partial charge in [0.25, 0.3) is 0 Å². The molecule has 0 radical (unpaired) electrons. The molecule has 2 aromatic rings. The van der Waals surface area contributed by atoms with E-state index in [0.29, 0.717) is 12.2 Å². The van der Waals surface area contributed by atoms with Crippen molar-refractivity contribution in [3.63, 3.8) is 0 Å². The van der Waals surface area contributed by atoms with E-state index in [1.807, 2.05) is 18.9 Å². The van der Waals surface area contributed by atoms with Crippen LogP contribution in [0.15, 0.2) is 18.7 Å². The number of hydrogen-bond acceptors (Lipinski definition) is 5. The molecule has 0 fully saturated rings. The number of aromatic nitrogens is 4. The van der Waals surface area contributed by atoms with Crippen LogP contribution in [0.2, 0.25) is 0 Å². The summed E-state index contributed by atoms with van der Waals surface area (Å²) in [6.45, 7) is 2.53. The van der Waals surface area contributed by atoms with Crippen molar-refractivity contribution in [3.8, 4) is 0 Å². The first-order chi connectivity index (χ1) is 8.09. The van der Waals surface area contributed by atoms with Crippen LogP contribution in [0.1, 0.15) is 6.92 Å². The average Bonchev–Trinajstić information content (AvgIpc) is 2.76. The SMILES string of the molecule is CC(CN(C)c1nccn2cnnc12)C(=N)N. The molecule has 0 amide bonds. The Morgan fingerprint density at radius 1 is 1.65 bits per heavy atom. The smallest absolute Gasteiger partial charge is 0.203 e. The Labute approximate surface area is 98.8 Å². The Morgan fingerprint density at radius 3 is 3.12 bits per heavy atom. The van der Waals surface area contributed by atoms with E-state index in [4.69, 9.17) is 11.1 Å². The molecule has 2 aromatic heterocycles. The van der Waals surface area contributed by atoms with E-state index in [2.05, 4.69) is 15.2 Å². The Balaban J connectivity index is 2.27. The average molecular weight is 233 g/mol. The minimum atomic E-state index is -0.0232. The molecule has 90 valence electrons. The molecule has 2 heterocycles. The zero-order chi connectivity index (χ0) is 12.4. The quantitative estimate of drug-likeness (QED) is 0.578. The monoisotopic (exact) mass is 233 g/mol. The predicted octanol–water partition coefficient (Wildman–Crippen LogP) is 0.133. The minimum Gasteiger partial charge on any atom is -0.387 e. The van der Waals surface area contributed by atoms with Crippen LogP contribution in [-0.4, -0.2) is 39.0 Å². The molecular weight excluding hydrogens is 218 g/mol. The molecule has 0 aliphatic rings. The second-order valence-electron chi connectivity index (χ2n) is 4.05. The van der Waals surface area contributed by atoms with Gasteiger partial charge < -0.3 is 10.6 Å². The number of amidine groups is 1. The van der Waals surface area contributed by atoms with Crippen molar-refractivity contribution >= 4 is 17.3 Å². The van der Waals surface area contributed by atoms with Gasteiger partial charge in [-0.15, -0.1) is 10.2 Å². The number of hydrogen-bond donors (Lipinski definition) is 2. The first kappa shape index (κ1) is 11.3. The Morgan fingerprint density at radius 2 is 2.41 bits per heavy atom. The molecule has 0 aliphatic carbocycles. The van der Waals surface area contributed by atoms with Gasteiger partial charge in [-0.1, -0.05) is 6.92 Å². The third-order valence-electron chi connectivity index (χ3n) is 2.64. The maximum Gasteiger partial charge on any atom is 0.203 e. The summed E-state index contributed by atoms with van der Waals surface area (Å²) in [6.07, 6.45) is 5.12. The molecule has 7 heteroatoms. The standard InChI is InChI=1S/C10H15N7/c1-7(8(11)12)5-16(2)9-10-15-14-6-17(10)4-3-13-9/h3-4,6-7H,5H2,1-2H3,(H3,11,12). The largest absolute Gasteiger partial charge is 0.387 e. The van der Waals surface area contributed by atoms with Gasteiger partial charge in [0.2, 0.25) is 5.65 Å². The van der Waals surface area contributed by atoms with E-state index >= 15 is 0 Å². The highest BCUT2D eigenvalue weighted by atomic mass is 15.3. The van der Waals surface area contributed by atoms with Gasteiger partial charge in [-0.2, -0.15) is 0 Å². The highest BCUT2D eigenvalue weighted by Gasteiger charge is 2.14. The molecule has 0 saturated heterocycles. The molecular formula is C10H15N7. The van der Waals surface area contributed by atoms with E-state index in [0.717, 1.165) is 5.82 Å². The van der Waals surface area contributed by atoms with Crippen molar-refractivity contribution in [2.75, 3.05) is 18.5 Å². The number of fused-ring (bicyclic) bond motifs is 1. The zero-order valence-corrected chi connectivity index (χ0v) is 9.83. The van der Waals surface area contributed by atoms with Crippen molar-refractivity contribution in [2.45, 2.75) is 6.92 Å². The van der Waals surface area contributed by atoms with E-state index < -0.39 is 0 Å². The topological polar surface area (TPSA) is 96.2 Å². The maximum atomic E-state index is 7.39. The first-order valence-electron chi connectivity index (χ1n) is 5.29. The minimum absolute atomic E-state index is 0.0232. The molecule has 1 unspecified atom stereocenters. The fourth-order valence-corrected chi connectivity index (χ4v) is 1.61. The van der Waals surface area contributed by atoms with E-state index in [1.54, 1.807) is 23.1 Å². The molecule has 0 saturated carbocycles. The molecule has 3 N–H and O–H groups in total. The number of nitrogens with one attached hydrogen (secondary N) is 1. The van der Waals surface area contributed by atoms with Gasteiger partial charge in [-0.25, -0.2) is 4.98 Å². The number of anilines is 1. The Hall–Kier alpha value is -2.18. The van der Waals surface area contributed by atoms with Crippen LogP contribution in [-0.2, 0) is 0 Å². The van der Waals surface area contributed by atoms with Crippen molar-refractivity contribution in [2.24, 2.45) is 11.7 Å². The fraction of sp³-hybridized carbons (Fsp3) is 0.400. The highest BCUT2D eigenvalue weighted by Crippen LogP contribution is 2.15. The highest BCUT2D eigenvalue weighted by molar-refractivity contribution is 5.80. The molecule has 0 bridgehead atoms. The third kappa shape index (κ3) is 2.17. The lowest BCUT2D eigenvalue weighted by Crippen LogP contribution is -2.32. The van der Waals surface area contributed by atoms with Crippen molar-refractivity contribution < 1.29 is 0 Å². The summed E-state index contributed by atoms with van der Waals surface area (Å²) in [5.41, 5.74) is 6.16. The van der Waals surface area contributed by atoms with Gasteiger partial charge in [0.05, 0.1) is 5.84 Å². The van der Waals surface area contributed by atoms with Crippen LogP contribution < -0.4 is 10.6 Å². The van der Waals surface area contributed by atoms with Gasteiger partial charge >= 0.3 is 0 Å². The molecule has 0 spiro atoms. The summed E-state index contributed by atoms with van der Waals surface area (Å²) in [4.78, 5) is 6.21. The molecule has 0 aliphatic heterocycles. The van der Waals surface area contributed by atoms with Gasteiger partial charge in [0.15, 0.2) is 5.82 Å². The van der Waals surface area contributed by atoms with E-state index in [1.165, 1.54) is 0 Å². The van der Waals surface area contributed by atoms with Crippen LogP contribution in [0.5, 0.6) is 0 Å². The summed E-state index contributed by atoms with van der Waals surface area (Å²) in [5, 5.41) is 15.2. The normalized spacial score (nSPS) is 12.6. The van der Waals surface area contributed by atoms with Crippen molar-refractivity contribution in [1.29, 1.82) is 5.41 Å². The Bertz CT molecular complexity index is 532. The molecule has 7 nitrogen and oxygen atoms in total. The maximum absolute atomic E-state index is 7.39. The number of nitrogens with zero attached hydrogens (tertiary/aromatic N) is 5. The molecule has 17 heavy (non-hydrogen) atoms. The van der Waals surface area contributed by atoms with Crippen LogP contribution in [0, 0.1) is 11.3 Å². The Kier molecular flexibility index (Phi) is 2.90. The lowest BCUT2D eigenvalue weighted by molar-refractivity contribution is 0.722. The number of nitrogens with two attached hydrogens (primary N) is 1. The second kappa shape index (κ2) is 4.36. The van der Waals surface area contributed by atoms with Crippen LogP contribution in [0.25, 0.3) is 5.65 Å². The van der Waals surface area contributed by atoms with Crippen LogP contribution in [0.4, 0.5) is 5.82 Å². The van der Waals surface area contributed by atoms with Gasteiger partial charge in [-0.05, 0) is 0 Å². The molecule has 0 aromatic carbocycles.